The van der Waals surface area contributed by atoms with Crippen molar-refractivity contribution in [1.82, 2.24) is 0 Å². The summed E-state index contributed by atoms with van der Waals surface area (Å²) < 4.78 is 0. The van der Waals surface area contributed by atoms with Crippen LogP contribution in [0.1, 0.15) is 77.6 Å². The third-order valence-electron chi connectivity index (χ3n) is 3.61. The number of rotatable bonds is 15. The smallest absolute Gasteiger partial charge is 0.303 e. The predicted octanol–water partition coefficient (Wildman–Crippen LogP) is 5.41. The molecule has 0 aromatic rings. The lowest BCUT2D eigenvalue weighted by Crippen LogP contribution is -1.98. The number of carboxylic acids is 1. The van der Waals surface area contributed by atoms with E-state index in [9.17, 15) is 9.90 Å². The fourth-order valence-electron chi connectivity index (χ4n) is 2.20. The van der Waals surface area contributed by atoms with Gasteiger partial charge in [-0.25, -0.2) is 0 Å². The molecule has 132 valence electrons. The molecule has 0 amide bonds. The summed E-state index contributed by atoms with van der Waals surface area (Å²) in [7, 11) is 0. The Morgan fingerprint density at radius 2 is 1.61 bits per heavy atom. The van der Waals surface area contributed by atoms with Crippen LogP contribution in [0.3, 0.4) is 0 Å². The first kappa shape index (κ1) is 21.6. The summed E-state index contributed by atoms with van der Waals surface area (Å²) in [6.07, 6.45) is 22.4. The van der Waals surface area contributed by atoms with Crippen LogP contribution in [-0.4, -0.2) is 22.3 Å². The molecule has 3 heteroatoms. The lowest BCUT2D eigenvalue weighted by Gasteiger charge is -2.00. The van der Waals surface area contributed by atoms with Crippen molar-refractivity contribution < 1.29 is 15.0 Å². The molecule has 0 fully saturated rings. The summed E-state index contributed by atoms with van der Waals surface area (Å²) in [5.74, 6) is -0.706. The highest BCUT2D eigenvalue weighted by molar-refractivity contribution is 5.66. The zero-order valence-electron chi connectivity index (χ0n) is 14.6. The van der Waals surface area contributed by atoms with Gasteiger partial charge in [0.15, 0.2) is 0 Å². The van der Waals surface area contributed by atoms with Crippen LogP contribution >= 0.6 is 0 Å². The molecule has 0 saturated heterocycles. The third-order valence-corrected chi connectivity index (χ3v) is 3.61. The Labute approximate surface area is 141 Å². The molecular formula is C20H34O3. The largest absolute Gasteiger partial charge is 0.481 e. The van der Waals surface area contributed by atoms with Gasteiger partial charge in [0.25, 0.3) is 0 Å². The minimum Gasteiger partial charge on any atom is -0.481 e. The second-order valence-electron chi connectivity index (χ2n) is 5.93. The highest BCUT2D eigenvalue weighted by Gasteiger charge is 1.96. The number of carbonyl (C=O) groups is 1. The SMILES string of the molecule is CCCCCC=CC=CC(O)CC=CCCCCCCC(=O)O. The van der Waals surface area contributed by atoms with Crippen LogP contribution in [0.2, 0.25) is 0 Å². The molecule has 0 radical (unpaired) electrons. The van der Waals surface area contributed by atoms with Crippen LogP contribution in [0.5, 0.6) is 0 Å². The monoisotopic (exact) mass is 322 g/mol. The molecule has 0 aliphatic rings. The van der Waals surface area contributed by atoms with Crippen molar-refractivity contribution in [2.75, 3.05) is 0 Å². The fourth-order valence-corrected chi connectivity index (χ4v) is 2.20. The van der Waals surface area contributed by atoms with E-state index in [1.807, 2.05) is 24.3 Å². The molecule has 2 N–H and O–H groups in total. The molecule has 0 aromatic carbocycles. The number of unbranched alkanes of at least 4 members (excludes halogenated alkanes) is 7. The summed E-state index contributed by atoms with van der Waals surface area (Å²) in [6.45, 7) is 2.20. The number of hydrogen-bond donors (Lipinski definition) is 2. The molecule has 0 spiro atoms. The van der Waals surface area contributed by atoms with Gasteiger partial charge in [-0.15, -0.1) is 0 Å². The van der Waals surface area contributed by atoms with E-state index in [2.05, 4.69) is 19.1 Å². The Balaban J connectivity index is 3.49. The van der Waals surface area contributed by atoms with Crippen LogP contribution in [0.25, 0.3) is 0 Å². The maximum absolute atomic E-state index is 10.3. The normalized spacial score (nSPS) is 13.5. The first-order valence-corrected chi connectivity index (χ1v) is 9.05. The maximum Gasteiger partial charge on any atom is 0.303 e. The van der Waals surface area contributed by atoms with Crippen molar-refractivity contribution in [1.29, 1.82) is 0 Å². The van der Waals surface area contributed by atoms with Crippen LogP contribution in [0.4, 0.5) is 0 Å². The van der Waals surface area contributed by atoms with E-state index in [0.29, 0.717) is 6.42 Å². The van der Waals surface area contributed by atoms with Crippen LogP contribution < -0.4 is 0 Å². The average molecular weight is 322 g/mol. The molecule has 1 atom stereocenters. The molecule has 3 nitrogen and oxygen atoms in total. The van der Waals surface area contributed by atoms with Gasteiger partial charge in [0, 0.05) is 6.42 Å². The Morgan fingerprint density at radius 3 is 2.35 bits per heavy atom. The minimum atomic E-state index is -0.706. The van der Waals surface area contributed by atoms with Gasteiger partial charge in [-0.05, 0) is 38.5 Å². The molecule has 0 aliphatic heterocycles. The van der Waals surface area contributed by atoms with Crippen molar-refractivity contribution in [2.45, 2.75) is 83.7 Å². The topological polar surface area (TPSA) is 57.5 Å². The van der Waals surface area contributed by atoms with Gasteiger partial charge in [-0.2, -0.15) is 0 Å². The van der Waals surface area contributed by atoms with Crippen molar-refractivity contribution in [2.24, 2.45) is 0 Å². The number of aliphatic hydroxyl groups excluding tert-OH is 1. The summed E-state index contributed by atoms with van der Waals surface area (Å²) in [4.78, 5) is 10.3. The molecule has 1 unspecified atom stereocenters. The highest BCUT2D eigenvalue weighted by Crippen LogP contribution is 2.06. The van der Waals surface area contributed by atoms with Gasteiger partial charge in [-0.3, -0.25) is 4.79 Å². The molecule has 0 rings (SSSR count). The fraction of sp³-hybridized carbons (Fsp3) is 0.650. The van der Waals surface area contributed by atoms with E-state index in [0.717, 1.165) is 38.5 Å². The quantitative estimate of drug-likeness (QED) is 0.241. The first-order chi connectivity index (χ1) is 11.2. The van der Waals surface area contributed by atoms with E-state index in [1.165, 1.54) is 19.3 Å². The zero-order chi connectivity index (χ0) is 17.2. The van der Waals surface area contributed by atoms with E-state index < -0.39 is 12.1 Å². The molecular weight excluding hydrogens is 288 g/mol. The lowest BCUT2D eigenvalue weighted by atomic mass is 10.1. The maximum atomic E-state index is 10.3. The number of hydrogen-bond acceptors (Lipinski definition) is 2. The van der Waals surface area contributed by atoms with Crippen LogP contribution in [0, 0.1) is 0 Å². The minimum absolute atomic E-state index is 0.279. The third kappa shape index (κ3) is 18.6. The van der Waals surface area contributed by atoms with Crippen molar-refractivity contribution in [3.63, 3.8) is 0 Å². The first-order valence-electron chi connectivity index (χ1n) is 9.05. The van der Waals surface area contributed by atoms with Crippen molar-refractivity contribution in [3.05, 3.63) is 36.5 Å². The molecule has 23 heavy (non-hydrogen) atoms. The number of aliphatic carboxylic acids is 1. The average Bonchev–Trinajstić information content (AvgIpc) is 2.52. The van der Waals surface area contributed by atoms with Gasteiger partial charge >= 0.3 is 5.97 Å². The highest BCUT2D eigenvalue weighted by atomic mass is 16.4. The Morgan fingerprint density at radius 1 is 0.913 bits per heavy atom. The number of aliphatic hydroxyl groups is 1. The standard InChI is InChI=1S/C20H34O3/c1-2-3-4-5-7-10-13-16-19(21)17-14-11-8-6-9-12-15-18-20(22)23/h7,10-11,13-14,16,19,21H,2-6,8-9,12,15,17-18H2,1H3,(H,22,23). The molecule has 0 aromatic heterocycles. The van der Waals surface area contributed by atoms with Gasteiger partial charge in [0.2, 0.25) is 0 Å². The van der Waals surface area contributed by atoms with Crippen LogP contribution in [0.15, 0.2) is 36.5 Å². The van der Waals surface area contributed by atoms with E-state index >= 15 is 0 Å². The predicted molar refractivity (Wildman–Crippen MR) is 97.5 cm³/mol. The van der Waals surface area contributed by atoms with Gasteiger partial charge < -0.3 is 10.2 Å². The Bertz CT molecular complexity index is 356. The van der Waals surface area contributed by atoms with Crippen LogP contribution in [-0.2, 0) is 4.79 Å². The summed E-state index contributed by atoms with van der Waals surface area (Å²) in [5, 5.41) is 18.3. The number of carboxylic acid groups (broad SMARTS) is 1. The molecule has 0 heterocycles. The second kappa shape index (κ2) is 17.0. The zero-order valence-corrected chi connectivity index (χ0v) is 14.6. The molecule has 0 aliphatic carbocycles. The summed E-state index contributed by atoms with van der Waals surface area (Å²) in [6, 6.07) is 0. The molecule has 0 bridgehead atoms. The van der Waals surface area contributed by atoms with Gasteiger partial charge in [0.05, 0.1) is 6.10 Å². The van der Waals surface area contributed by atoms with E-state index in [1.54, 1.807) is 0 Å². The van der Waals surface area contributed by atoms with Gasteiger partial charge in [-0.1, -0.05) is 69.1 Å². The second-order valence-corrected chi connectivity index (χ2v) is 5.93. The summed E-state index contributed by atoms with van der Waals surface area (Å²) >= 11 is 0. The van der Waals surface area contributed by atoms with Gasteiger partial charge in [0.1, 0.15) is 0 Å². The van der Waals surface area contributed by atoms with E-state index in [4.69, 9.17) is 5.11 Å². The molecule has 0 saturated carbocycles. The van der Waals surface area contributed by atoms with Crippen molar-refractivity contribution in [3.8, 4) is 0 Å². The lowest BCUT2D eigenvalue weighted by molar-refractivity contribution is -0.137. The number of allylic oxidation sites excluding steroid dienone is 4. The summed E-state index contributed by atoms with van der Waals surface area (Å²) in [5.41, 5.74) is 0. The van der Waals surface area contributed by atoms with E-state index in [-0.39, 0.29) is 6.42 Å². The van der Waals surface area contributed by atoms with Crippen molar-refractivity contribution >= 4 is 5.97 Å². The Kier molecular flexibility index (Phi) is 16.0. The Hall–Kier alpha value is -1.35.